The highest BCUT2D eigenvalue weighted by atomic mass is 79.9. The Morgan fingerprint density at radius 1 is 0.659 bits per heavy atom. The van der Waals surface area contributed by atoms with Gasteiger partial charge in [-0.3, -0.25) is 10.1 Å². The molecule has 0 unspecified atom stereocenters. The number of methoxy groups -OCH3 is 4. The molecular weight excluding hydrogens is 696 g/mol. The molecule has 0 spiro atoms. The predicted molar refractivity (Wildman–Crippen MR) is 180 cm³/mol. The summed E-state index contributed by atoms with van der Waals surface area (Å²) in [5.41, 5.74) is 10.4. The van der Waals surface area contributed by atoms with E-state index in [2.05, 4.69) is 42.5 Å². The van der Waals surface area contributed by atoms with Gasteiger partial charge in [0.2, 0.25) is 0 Å². The third-order valence-corrected chi connectivity index (χ3v) is 7.63. The highest BCUT2D eigenvalue weighted by Gasteiger charge is 2.15. The fraction of sp³-hybridized carbons (Fsp3) is 0.250. The lowest BCUT2D eigenvalue weighted by Gasteiger charge is -2.14. The van der Waals surface area contributed by atoms with Gasteiger partial charge in [-0.1, -0.05) is 50.1 Å². The number of nitrogens with one attached hydrogen (secondary N) is 2. The molecule has 0 heterocycles. The van der Waals surface area contributed by atoms with Crippen molar-refractivity contribution in [3.63, 3.8) is 0 Å². The molecule has 0 aliphatic carbocycles. The van der Waals surface area contributed by atoms with E-state index in [0.717, 1.165) is 38.3 Å². The smallest absolute Gasteiger partial charge is 0.275 e. The monoisotopic (exact) mass is 730 g/mol. The van der Waals surface area contributed by atoms with E-state index in [1.165, 1.54) is 6.07 Å². The number of benzene rings is 4. The van der Waals surface area contributed by atoms with Gasteiger partial charge < -0.3 is 35.3 Å². The van der Waals surface area contributed by atoms with Crippen molar-refractivity contribution in [2.24, 2.45) is 0 Å². The van der Waals surface area contributed by atoms with E-state index in [1.807, 2.05) is 54.6 Å². The van der Waals surface area contributed by atoms with Crippen molar-refractivity contribution in [3.05, 3.63) is 114 Å². The minimum atomic E-state index is -0.383. The van der Waals surface area contributed by atoms with Crippen molar-refractivity contribution in [2.75, 3.05) is 34.2 Å². The van der Waals surface area contributed by atoms with E-state index in [1.54, 1.807) is 40.6 Å². The number of nitrogens with zero attached hydrogens (tertiary/aromatic N) is 1. The van der Waals surface area contributed by atoms with Crippen LogP contribution in [0.3, 0.4) is 0 Å². The molecule has 0 aliphatic heterocycles. The SMILES string of the molecule is COc1cccc(OC)c1CNCc1ccc(Br)cc1N.COc1cccc(OC)c1CNCc1ccc(Br)cc1[N+](=O)[O-]. The van der Waals surface area contributed by atoms with Crippen molar-refractivity contribution in [3.8, 4) is 23.0 Å². The number of ether oxygens (including phenoxy) is 4. The van der Waals surface area contributed by atoms with Crippen molar-refractivity contribution in [1.82, 2.24) is 10.6 Å². The molecule has 234 valence electrons. The first-order chi connectivity index (χ1) is 21.2. The second-order valence-electron chi connectivity index (χ2n) is 9.36. The van der Waals surface area contributed by atoms with Crippen LogP contribution in [0.1, 0.15) is 22.3 Å². The summed E-state index contributed by atoms with van der Waals surface area (Å²) in [6.07, 6.45) is 0. The molecule has 12 heteroatoms. The second-order valence-corrected chi connectivity index (χ2v) is 11.2. The van der Waals surface area contributed by atoms with Crippen LogP contribution < -0.4 is 35.3 Å². The molecule has 0 aromatic heterocycles. The number of hydrogen-bond acceptors (Lipinski definition) is 9. The fourth-order valence-electron chi connectivity index (χ4n) is 4.43. The third-order valence-electron chi connectivity index (χ3n) is 6.65. The zero-order chi connectivity index (χ0) is 32.1. The van der Waals surface area contributed by atoms with Crippen LogP contribution in [-0.4, -0.2) is 33.4 Å². The van der Waals surface area contributed by atoms with Gasteiger partial charge in [-0.2, -0.15) is 0 Å². The van der Waals surface area contributed by atoms with E-state index < -0.39 is 0 Å². The molecule has 4 rings (SSSR count). The molecule has 0 radical (unpaired) electrons. The van der Waals surface area contributed by atoms with Crippen LogP contribution in [-0.2, 0) is 26.2 Å². The molecule has 0 saturated carbocycles. The van der Waals surface area contributed by atoms with Crippen molar-refractivity contribution < 1.29 is 23.9 Å². The Balaban J connectivity index is 0.000000241. The van der Waals surface area contributed by atoms with Crippen LogP contribution in [0.25, 0.3) is 0 Å². The summed E-state index contributed by atoms with van der Waals surface area (Å²) in [7, 11) is 6.51. The minimum absolute atomic E-state index is 0.0823. The van der Waals surface area contributed by atoms with Gasteiger partial charge in [0.1, 0.15) is 23.0 Å². The van der Waals surface area contributed by atoms with Gasteiger partial charge >= 0.3 is 0 Å². The zero-order valence-electron chi connectivity index (χ0n) is 25.0. The van der Waals surface area contributed by atoms with Crippen LogP contribution in [0.4, 0.5) is 11.4 Å². The second kappa shape index (κ2) is 17.5. The summed E-state index contributed by atoms with van der Waals surface area (Å²) in [5.74, 6) is 3.04. The molecule has 10 nitrogen and oxygen atoms in total. The molecule has 0 aliphatic rings. The molecule has 4 aromatic carbocycles. The first-order valence-corrected chi connectivity index (χ1v) is 15.1. The van der Waals surface area contributed by atoms with Gasteiger partial charge in [0.15, 0.2) is 0 Å². The Labute approximate surface area is 274 Å². The fourth-order valence-corrected chi connectivity index (χ4v) is 5.16. The van der Waals surface area contributed by atoms with Crippen molar-refractivity contribution in [2.45, 2.75) is 26.2 Å². The van der Waals surface area contributed by atoms with Gasteiger partial charge in [-0.15, -0.1) is 0 Å². The zero-order valence-corrected chi connectivity index (χ0v) is 28.2. The topological polar surface area (TPSA) is 130 Å². The van der Waals surface area contributed by atoms with Gasteiger partial charge in [0.25, 0.3) is 5.69 Å². The quantitative estimate of drug-likeness (QED) is 0.0756. The molecule has 0 atom stereocenters. The number of hydrogen-bond donors (Lipinski definition) is 3. The molecule has 4 aromatic rings. The van der Waals surface area contributed by atoms with Crippen LogP contribution in [0, 0.1) is 10.1 Å². The van der Waals surface area contributed by atoms with Gasteiger partial charge in [0.05, 0.1) is 33.4 Å². The molecule has 44 heavy (non-hydrogen) atoms. The van der Waals surface area contributed by atoms with E-state index >= 15 is 0 Å². The normalized spacial score (nSPS) is 10.4. The van der Waals surface area contributed by atoms with E-state index in [0.29, 0.717) is 47.7 Å². The molecule has 0 fully saturated rings. The Bertz CT molecular complexity index is 1510. The van der Waals surface area contributed by atoms with E-state index in [4.69, 9.17) is 24.7 Å². The average molecular weight is 732 g/mol. The minimum Gasteiger partial charge on any atom is -0.496 e. The number of rotatable bonds is 13. The van der Waals surface area contributed by atoms with Gasteiger partial charge in [-0.25, -0.2) is 0 Å². The van der Waals surface area contributed by atoms with E-state index in [-0.39, 0.29) is 10.6 Å². The Morgan fingerprint density at radius 3 is 1.48 bits per heavy atom. The summed E-state index contributed by atoms with van der Waals surface area (Å²) in [6.45, 7) is 2.16. The Kier molecular flexibility index (Phi) is 13.7. The maximum Gasteiger partial charge on any atom is 0.275 e. The van der Waals surface area contributed by atoms with Gasteiger partial charge in [0, 0.05) is 63.6 Å². The van der Waals surface area contributed by atoms with Crippen LogP contribution in [0.15, 0.2) is 81.7 Å². The Hall–Kier alpha value is -3.84. The van der Waals surface area contributed by atoms with Crippen LogP contribution >= 0.6 is 31.9 Å². The molecule has 0 saturated heterocycles. The third kappa shape index (κ3) is 9.58. The number of halogens is 2. The highest BCUT2D eigenvalue weighted by Crippen LogP contribution is 2.30. The molecule has 0 amide bonds. The number of nitro groups is 1. The lowest BCUT2D eigenvalue weighted by Crippen LogP contribution is -2.15. The summed E-state index contributed by atoms with van der Waals surface area (Å²) in [5, 5.41) is 17.7. The number of nitro benzene ring substituents is 1. The molecule has 4 N–H and O–H groups in total. The van der Waals surface area contributed by atoms with Crippen LogP contribution in [0.5, 0.6) is 23.0 Å². The first-order valence-electron chi connectivity index (χ1n) is 13.5. The Morgan fingerprint density at radius 2 is 1.07 bits per heavy atom. The summed E-state index contributed by atoms with van der Waals surface area (Å²) in [6, 6.07) is 22.2. The average Bonchev–Trinajstić information content (AvgIpc) is 3.02. The maximum absolute atomic E-state index is 11.1. The summed E-state index contributed by atoms with van der Waals surface area (Å²) < 4.78 is 23.1. The number of anilines is 1. The first kappa shape index (κ1) is 34.6. The lowest BCUT2D eigenvalue weighted by molar-refractivity contribution is -0.385. The van der Waals surface area contributed by atoms with Gasteiger partial charge in [-0.05, 0) is 54.1 Å². The number of nitrogen functional groups attached to an aromatic ring is 1. The summed E-state index contributed by atoms with van der Waals surface area (Å²) >= 11 is 6.65. The molecular formula is C32H36Br2N4O6. The lowest BCUT2D eigenvalue weighted by atomic mass is 10.1. The summed E-state index contributed by atoms with van der Waals surface area (Å²) in [4.78, 5) is 10.7. The largest absolute Gasteiger partial charge is 0.496 e. The highest BCUT2D eigenvalue weighted by molar-refractivity contribution is 9.10. The van der Waals surface area contributed by atoms with E-state index in [9.17, 15) is 10.1 Å². The van der Waals surface area contributed by atoms with Crippen molar-refractivity contribution >= 4 is 43.2 Å². The molecule has 0 bridgehead atoms. The maximum atomic E-state index is 11.1. The number of nitrogens with two attached hydrogens (primary N) is 1. The predicted octanol–water partition coefficient (Wildman–Crippen LogP) is 7.00. The standard InChI is InChI=1S/C16H17BrN2O4.C16H19BrN2O2/c1-22-15-4-3-5-16(23-2)13(15)10-18-9-11-6-7-12(17)8-14(11)19(20)21;1-20-15-4-3-5-16(21-2)13(15)10-19-9-11-6-7-12(17)8-14(11)18/h3-8,18H,9-10H2,1-2H3;3-8,19H,9-10,18H2,1-2H3. The van der Waals surface area contributed by atoms with Crippen LogP contribution in [0.2, 0.25) is 0 Å². The van der Waals surface area contributed by atoms with Crippen molar-refractivity contribution in [1.29, 1.82) is 0 Å².